The lowest BCUT2D eigenvalue weighted by molar-refractivity contribution is -0.134. The molecule has 1 aliphatic carbocycles. The third-order valence-electron chi connectivity index (χ3n) is 5.50. The Morgan fingerprint density at radius 3 is 2.52 bits per heavy atom. The number of carbonyl (C=O) groups is 2. The Bertz CT molecular complexity index is 827. The molecule has 1 N–H and O–H groups in total. The molecule has 142 valence electrons. The van der Waals surface area contributed by atoms with E-state index in [-0.39, 0.29) is 29.6 Å². The van der Waals surface area contributed by atoms with Gasteiger partial charge in [-0.1, -0.05) is 54.8 Å². The number of rotatable bonds is 4. The molecule has 7 nitrogen and oxygen atoms in total. The van der Waals surface area contributed by atoms with Gasteiger partial charge < -0.3 is 19.4 Å². The van der Waals surface area contributed by atoms with Crippen molar-refractivity contribution in [3.8, 4) is 11.3 Å². The smallest absolute Gasteiger partial charge is 0.343 e. The minimum Gasteiger partial charge on any atom is -0.477 e. The first-order chi connectivity index (χ1) is 13.1. The van der Waals surface area contributed by atoms with Crippen LogP contribution < -0.4 is 4.90 Å². The third-order valence-corrected chi connectivity index (χ3v) is 5.50. The summed E-state index contributed by atoms with van der Waals surface area (Å²) in [6.07, 6.45) is 5.71. The van der Waals surface area contributed by atoms with Gasteiger partial charge in [0.25, 0.3) is 0 Å². The topological polar surface area (TPSA) is 86.9 Å². The number of hydrogen-bond donors (Lipinski definition) is 1. The molecule has 2 aliphatic rings. The minimum atomic E-state index is -1.10. The zero-order valence-corrected chi connectivity index (χ0v) is 15.1. The SMILES string of the molecule is O=C(O)c1c(N2CCN(C3CCCCC3)C(=O)C2)noc1-c1ccccc1. The predicted molar refractivity (Wildman–Crippen MR) is 99.7 cm³/mol. The number of carbonyl (C=O) groups excluding carboxylic acids is 1. The summed E-state index contributed by atoms with van der Waals surface area (Å²) in [6, 6.07) is 9.37. The molecule has 1 aliphatic heterocycles. The van der Waals surface area contributed by atoms with E-state index in [1.807, 2.05) is 23.1 Å². The van der Waals surface area contributed by atoms with Gasteiger partial charge in [-0.25, -0.2) is 4.79 Å². The van der Waals surface area contributed by atoms with Crippen LogP contribution in [0.4, 0.5) is 5.82 Å². The minimum absolute atomic E-state index is 0.0140. The summed E-state index contributed by atoms with van der Waals surface area (Å²) in [7, 11) is 0. The van der Waals surface area contributed by atoms with Gasteiger partial charge in [0.05, 0.1) is 6.54 Å². The lowest BCUT2D eigenvalue weighted by atomic mass is 9.93. The number of aromatic nitrogens is 1. The highest BCUT2D eigenvalue weighted by Crippen LogP contribution is 2.32. The van der Waals surface area contributed by atoms with Crippen molar-refractivity contribution < 1.29 is 19.2 Å². The summed E-state index contributed by atoms with van der Waals surface area (Å²) in [6.45, 7) is 1.29. The molecule has 0 bridgehead atoms. The van der Waals surface area contributed by atoms with Crippen LogP contribution in [0, 0.1) is 0 Å². The van der Waals surface area contributed by atoms with Crippen LogP contribution >= 0.6 is 0 Å². The molecule has 0 unspecified atom stereocenters. The molecule has 27 heavy (non-hydrogen) atoms. The second kappa shape index (κ2) is 7.42. The second-order valence-electron chi connectivity index (χ2n) is 7.18. The van der Waals surface area contributed by atoms with Crippen LogP contribution in [0.25, 0.3) is 11.3 Å². The lowest BCUT2D eigenvalue weighted by Crippen LogP contribution is -2.54. The Labute approximate surface area is 157 Å². The summed E-state index contributed by atoms with van der Waals surface area (Å²) >= 11 is 0. The monoisotopic (exact) mass is 369 g/mol. The van der Waals surface area contributed by atoms with Gasteiger partial charge in [0.15, 0.2) is 17.1 Å². The van der Waals surface area contributed by atoms with Crippen molar-refractivity contribution in [1.82, 2.24) is 10.1 Å². The van der Waals surface area contributed by atoms with Crippen molar-refractivity contribution in [2.45, 2.75) is 38.1 Å². The highest BCUT2D eigenvalue weighted by atomic mass is 16.5. The molecular formula is C20H23N3O4. The maximum atomic E-state index is 12.7. The Morgan fingerprint density at radius 2 is 1.85 bits per heavy atom. The molecule has 2 heterocycles. The van der Waals surface area contributed by atoms with Crippen LogP contribution in [0.3, 0.4) is 0 Å². The fourth-order valence-electron chi connectivity index (χ4n) is 4.12. The van der Waals surface area contributed by atoms with E-state index in [0.29, 0.717) is 24.7 Å². The van der Waals surface area contributed by atoms with E-state index in [9.17, 15) is 14.7 Å². The van der Waals surface area contributed by atoms with Crippen LogP contribution in [0.2, 0.25) is 0 Å². The second-order valence-corrected chi connectivity index (χ2v) is 7.18. The van der Waals surface area contributed by atoms with Gasteiger partial charge in [-0.3, -0.25) is 4.79 Å². The standard InChI is InChI=1S/C20H23N3O4/c24-16-13-22(11-12-23(16)15-9-5-2-6-10-15)19-17(20(25)26)18(27-21-19)14-7-3-1-4-8-14/h1,3-4,7-8,15H,2,5-6,9-13H2,(H,25,26). The summed E-state index contributed by atoms with van der Waals surface area (Å²) in [4.78, 5) is 28.3. The predicted octanol–water partition coefficient (Wildman–Crippen LogP) is 3.02. The fraction of sp³-hybridized carbons (Fsp3) is 0.450. The zero-order chi connectivity index (χ0) is 18.8. The highest BCUT2D eigenvalue weighted by molar-refractivity contribution is 6.00. The van der Waals surface area contributed by atoms with E-state index in [1.165, 1.54) is 19.3 Å². The number of hydrogen-bond acceptors (Lipinski definition) is 5. The number of nitrogens with zero attached hydrogens (tertiary/aromatic N) is 3. The molecule has 2 fully saturated rings. The quantitative estimate of drug-likeness (QED) is 0.891. The van der Waals surface area contributed by atoms with Gasteiger partial charge >= 0.3 is 5.97 Å². The average molecular weight is 369 g/mol. The van der Waals surface area contributed by atoms with Gasteiger partial charge in [0.1, 0.15) is 0 Å². The Balaban J connectivity index is 1.57. The average Bonchev–Trinajstić information content (AvgIpc) is 3.15. The Morgan fingerprint density at radius 1 is 1.11 bits per heavy atom. The number of amides is 1. The molecule has 0 spiro atoms. The third kappa shape index (κ3) is 3.41. The van der Waals surface area contributed by atoms with Crippen LogP contribution in [-0.4, -0.2) is 52.7 Å². The maximum absolute atomic E-state index is 12.7. The van der Waals surface area contributed by atoms with Crippen LogP contribution in [0.1, 0.15) is 42.5 Å². The van der Waals surface area contributed by atoms with Crippen LogP contribution in [0.15, 0.2) is 34.9 Å². The molecule has 1 amide bonds. The van der Waals surface area contributed by atoms with Crippen LogP contribution in [0.5, 0.6) is 0 Å². The highest BCUT2D eigenvalue weighted by Gasteiger charge is 2.34. The van der Waals surface area contributed by atoms with Gasteiger partial charge in [0, 0.05) is 24.7 Å². The number of carboxylic acid groups (broad SMARTS) is 1. The number of benzene rings is 1. The zero-order valence-electron chi connectivity index (χ0n) is 15.1. The summed E-state index contributed by atoms with van der Waals surface area (Å²) in [5, 5.41) is 13.7. The number of carboxylic acids is 1. The summed E-state index contributed by atoms with van der Waals surface area (Å²) < 4.78 is 5.38. The first-order valence-electron chi connectivity index (χ1n) is 9.48. The molecule has 0 atom stereocenters. The summed E-state index contributed by atoms with van der Waals surface area (Å²) in [5.74, 6) is -0.612. The molecule has 1 saturated carbocycles. The largest absolute Gasteiger partial charge is 0.477 e. The molecule has 0 radical (unpaired) electrons. The summed E-state index contributed by atoms with van der Waals surface area (Å²) in [5.41, 5.74) is 0.668. The number of piperazine rings is 1. The molecular weight excluding hydrogens is 346 g/mol. The first kappa shape index (κ1) is 17.6. The van der Waals surface area contributed by atoms with Crippen LogP contribution in [-0.2, 0) is 4.79 Å². The van der Waals surface area contributed by atoms with E-state index in [0.717, 1.165) is 12.8 Å². The van der Waals surface area contributed by atoms with Gasteiger partial charge in [-0.05, 0) is 12.8 Å². The Kier molecular flexibility index (Phi) is 4.83. The molecule has 1 saturated heterocycles. The van der Waals surface area contributed by atoms with Gasteiger partial charge in [-0.2, -0.15) is 0 Å². The number of aromatic carboxylic acids is 1. The van der Waals surface area contributed by atoms with E-state index in [1.54, 1.807) is 17.0 Å². The fourth-order valence-corrected chi connectivity index (χ4v) is 4.12. The molecule has 4 rings (SSSR count). The van der Waals surface area contributed by atoms with Crippen molar-refractivity contribution in [3.05, 3.63) is 35.9 Å². The molecule has 7 heteroatoms. The molecule has 1 aromatic carbocycles. The van der Waals surface area contributed by atoms with E-state index < -0.39 is 5.97 Å². The van der Waals surface area contributed by atoms with Gasteiger partial charge in [0.2, 0.25) is 5.91 Å². The van der Waals surface area contributed by atoms with Crippen molar-refractivity contribution in [2.75, 3.05) is 24.5 Å². The molecule has 2 aromatic rings. The van der Waals surface area contributed by atoms with Crippen molar-refractivity contribution >= 4 is 17.7 Å². The maximum Gasteiger partial charge on any atom is 0.343 e. The van der Waals surface area contributed by atoms with Crippen molar-refractivity contribution in [3.63, 3.8) is 0 Å². The molecule has 1 aromatic heterocycles. The van der Waals surface area contributed by atoms with Gasteiger partial charge in [-0.15, -0.1) is 0 Å². The van der Waals surface area contributed by atoms with E-state index in [2.05, 4.69) is 5.16 Å². The van der Waals surface area contributed by atoms with E-state index >= 15 is 0 Å². The van der Waals surface area contributed by atoms with Crippen molar-refractivity contribution in [2.24, 2.45) is 0 Å². The van der Waals surface area contributed by atoms with Crippen molar-refractivity contribution in [1.29, 1.82) is 0 Å². The lowest BCUT2D eigenvalue weighted by Gasteiger charge is -2.40. The first-order valence-corrected chi connectivity index (χ1v) is 9.48. The van der Waals surface area contributed by atoms with E-state index in [4.69, 9.17) is 4.52 Å². The normalized spacial score (nSPS) is 18.7. The Hall–Kier alpha value is -2.83. The number of anilines is 1.